The molecule has 17 heavy (non-hydrogen) atoms. The van der Waals surface area contributed by atoms with Gasteiger partial charge >= 0.3 is 0 Å². The van der Waals surface area contributed by atoms with Crippen LogP contribution in [-0.4, -0.2) is 51.3 Å². The van der Waals surface area contributed by atoms with Crippen molar-refractivity contribution in [1.82, 2.24) is 10.2 Å². The molecule has 2 heterocycles. The van der Waals surface area contributed by atoms with E-state index in [-0.39, 0.29) is 12.4 Å². The average Bonchev–Trinajstić information content (AvgIpc) is 2.31. The van der Waals surface area contributed by atoms with Crippen molar-refractivity contribution in [2.75, 3.05) is 46.4 Å². The lowest BCUT2D eigenvalue weighted by molar-refractivity contribution is 0.0395. The average molecular weight is 263 g/mol. The van der Waals surface area contributed by atoms with E-state index in [1.807, 2.05) is 0 Å². The number of rotatable bonds is 4. The van der Waals surface area contributed by atoms with E-state index in [4.69, 9.17) is 4.74 Å². The summed E-state index contributed by atoms with van der Waals surface area (Å²) in [7, 11) is 2.27. The van der Waals surface area contributed by atoms with Gasteiger partial charge in [0, 0.05) is 19.7 Å². The van der Waals surface area contributed by atoms with Gasteiger partial charge < -0.3 is 15.0 Å². The van der Waals surface area contributed by atoms with Crippen molar-refractivity contribution >= 4 is 12.4 Å². The van der Waals surface area contributed by atoms with Crippen molar-refractivity contribution in [3.8, 4) is 0 Å². The first-order valence-electron chi connectivity index (χ1n) is 6.81. The van der Waals surface area contributed by atoms with Gasteiger partial charge in [0.05, 0.1) is 6.61 Å². The van der Waals surface area contributed by atoms with E-state index >= 15 is 0 Å². The van der Waals surface area contributed by atoms with Gasteiger partial charge in [0.15, 0.2) is 0 Å². The molecule has 102 valence electrons. The Balaban J connectivity index is 0.00000144. The molecule has 0 aliphatic carbocycles. The maximum absolute atomic E-state index is 5.54. The van der Waals surface area contributed by atoms with E-state index in [9.17, 15) is 0 Å². The van der Waals surface area contributed by atoms with Gasteiger partial charge in [-0.1, -0.05) is 0 Å². The highest BCUT2D eigenvalue weighted by Crippen LogP contribution is 2.17. The molecular weight excluding hydrogens is 236 g/mol. The Morgan fingerprint density at radius 3 is 2.47 bits per heavy atom. The lowest BCUT2D eigenvalue weighted by Gasteiger charge is -2.31. The maximum atomic E-state index is 5.54. The second-order valence-corrected chi connectivity index (χ2v) is 5.50. The molecule has 0 aromatic carbocycles. The fourth-order valence-corrected chi connectivity index (χ4v) is 2.97. The smallest absolute Gasteiger partial charge is 0.0506 e. The SMILES string of the molecule is CN(CC1CCNCC1)CC1CCCOC1.Cl. The minimum Gasteiger partial charge on any atom is -0.381 e. The minimum absolute atomic E-state index is 0. The fraction of sp³-hybridized carbons (Fsp3) is 1.00. The monoisotopic (exact) mass is 262 g/mol. The van der Waals surface area contributed by atoms with Crippen LogP contribution in [0.3, 0.4) is 0 Å². The molecule has 0 saturated carbocycles. The van der Waals surface area contributed by atoms with Crippen LogP contribution in [0.2, 0.25) is 0 Å². The zero-order valence-electron chi connectivity index (χ0n) is 11.0. The van der Waals surface area contributed by atoms with Crippen LogP contribution in [0, 0.1) is 11.8 Å². The van der Waals surface area contributed by atoms with Gasteiger partial charge in [0.1, 0.15) is 0 Å². The van der Waals surface area contributed by atoms with E-state index < -0.39 is 0 Å². The highest BCUT2D eigenvalue weighted by atomic mass is 35.5. The molecule has 2 aliphatic heterocycles. The summed E-state index contributed by atoms with van der Waals surface area (Å²) >= 11 is 0. The highest BCUT2D eigenvalue weighted by Gasteiger charge is 2.19. The maximum Gasteiger partial charge on any atom is 0.0506 e. The second-order valence-electron chi connectivity index (χ2n) is 5.50. The quantitative estimate of drug-likeness (QED) is 0.836. The number of hydrogen-bond acceptors (Lipinski definition) is 3. The van der Waals surface area contributed by atoms with Gasteiger partial charge in [0.2, 0.25) is 0 Å². The third-order valence-electron chi connectivity index (χ3n) is 3.85. The standard InChI is InChI=1S/C13H26N2O.ClH/c1-15(9-12-4-6-14-7-5-12)10-13-3-2-8-16-11-13;/h12-14H,2-11H2,1H3;1H. The van der Waals surface area contributed by atoms with Gasteiger partial charge in [-0.3, -0.25) is 0 Å². The van der Waals surface area contributed by atoms with Gasteiger partial charge in [-0.25, -0.2) is 0 Å². The number of piperidine rings is 1. The van der Waals surface area contributed by atoms with Crippen LogP contribution >= 0.6 is 12.4 Å². The molecule has 2 saturated heterocycles. The van der Waals surface area contributed by atoms with Crippen LogP contribution in [0.15, 0.2) is 0 Å². The molecule has 2 rings (SSSR count). The molecule has 3 nitrogen and oxygen atoms in total. The Morgan fingerprint density at radius 1 is 1.12 bits per heavy atom. The van der Waals surface area contributed by atoms with Crippen molar-refractivity contribution < 1.29 is 4.74 Å². The molecule has 0 aromatic heterocycles. The third-order valence-corrected chi connectivity index (χ3v) is 3.85. The van der Waals surface area contributed by atoms with Crippen molar-refractivity contribution in [1.29, 1.82) is 0 Å². The molecule has 0 radical (unpaired) electrons. The minimum atomic E-state index is 0. The number of nitrogens with one attached hydrogen (secondary N) is 1. The lowest BCUT2D eigenvalue weighted by atomic mass is 9.96. The number of hydrogen-bond donors (Lipinski definition) is 1. The van der Waals surface area contributed by atoms with Gasteiger partial charge in [-0.15, -0.1) is 12.4 Å². The van der Waals surface area contributed by atoms with E-state index in [1.165, 1.54) is 51.9 Å². The number of halogens is 1. The Bertz CT molecular complexity index is 172. The summed E-state index contributed by atoms with van der Waals surface area (Å²) in [6.45, 7) is 6.89. The summed E-state index contributed by atoms with van der Waals surface area (Å²) in [6.07, 6.45) is 5.32. The van der Waals surface area contributed by atoms with Crippen molar-refractivity contribution in [2.45, 2.75) is 25.7 Å². The fourth-order valence-electron chi connectivity index (χ4n) is 2.97. The Morgan fingerprint density at radius 2 is 1.82 bits per heavy atom. The van der Waals surface area contributed by atoms with Crippen LogP contribution < -0.4 is 5.32 Å². The van der Waals surface area contributed by atoms with Crippen LogP contribution in [0.25, 0.3) is 0 Å². The summed E-state index contributed by atoms with van der Waals surface area (Å²) in [5.41, 5.74) is 0. The van der Waals surface area contributed by atoms with Gasteiger partial charge in [0.25, 0.3) is 0 Å². The van der Waals surface area contributed by atoms with Crippen LogP contribution in [-0.2, 0) is 4.74 Å². The molecule has 0 spiro atoms. The van der Waals surface area contributed by atoms with Gasteiger partial charge in [-0.2, -0.15) is 0 Å². The summed E-state index contributed by atoms with van der Waals surface area (Å²) in [4.78, 5) is 2.52. The predicted octanol–water partition coefficient (Wildman–Crippen LogP) is 1.77. The van der Waals surface area contributed by atoms with Crippen molar-refractivity contribution in [2.24, 2.45) is 11.8 Å². The molecule has 4 heteroatoms. The highest BCUT2D eigenvalue weighted by molar-refractivity contribution is 5.85. The first-order chi connectivity index (χ1) is 7.84. The van der Waals surface area contributed by atoms with Gasteiger partial charge in [-0.05, 0) is 57.7 Å². The number of nitrogens with zero attached hydrogens (tertiary/aromatic N) is 1. The molecule has 1 N–H and O–H groups in total. The predicted molar refractivity (Wildman–Crippen MR) is 73.9 cm³/mol. The zero-order valence-corrected chi connectivity index (χ0v) is 11.8. The molecule has 1 unspecified atom stereocenters. The van der Waals surface area contributed by atoms with E-state index in [1.54, 1.807) is 0 Å². The van der Waals surface area contributed by atoms with Crippen LogP contribution in [0.5, 0.6) is 0 Å². The largest absolute Gasteiger partial charge is 0.381 e. The van der Waals surface area contributed by atoms with Crippen LogP contribution in [0.4, 0.5) is 0 Å². The molecule has 0 bridgehead atoms. The Labute approximate surface area is 112 Å². The normalized spacial score (nSPS) is 26.8. The molecular formula is C13H27ClN2O. The van der Waals surface area contributed by atoms with Crippen molar-refractivity contribution in [3.63, 3.8) is 0 Å². The first-order valence-corrected chi connectivity index (χ1v) is 6.81. The van der Waals surface area contributed by atoms with E-state index in [0.29, 0.717) is 0 Å². The molecule has 0 amide bonds. The lowest BCUT2D eigenvalue weighted by Crippen LogP contribution is -2.37. The van der Waals surface area contributed by atoms with Crippen LogP contribution in [0.1, 0.15) is 25.7 Å². The molecule has 1 atom stereocenters. The Kier molecular flexibility index (Phi) is 7.44. The molecule has 2 fully saturated rings. The molecule has 0 aromatic rings. The summed E-state index contributed by atoms with van der Waals surface area (Å²) < 4.78 is 5.54. The third kappa shape index (κ3) is 5.56. The van der Waals surface area contributed by atoms with E-state index in [0.717, 1.165) is 25.0 Å². The summed E-state index contributed by atoms with van der Waals surface area (Å²) in [6, 6.07) is 0. The summed E-state index contributed by atoms with van der Waals surface area (Å²) in [5.74, 6) is 1.69. The van der Waals surface area contributed by atoms with Crippen molar-refractivity contribution in [3.05, 3.63) is 0 Å². The number of ether oxygens (including phenoxy) is 1. The Hall–Kier alpha value is 0.170. The summed E-state index contributed by atoms with van der Waals surface area (Å²) in [5, 5.41) is 3.43. The first kappa shape index (κ1) is 15.2. The zero-order chi connectivity index (χ0) is 11.2. The second kappa shape index (κ2) is 8.30. The molecule has 2 aliphatic rings. The van der Waals surface area contributed by atoms with E-state index in [2.05, 4.69) is 17.3 Å². The topological polar surface area (TPSA) is 24.5 Å².